The summed E-state index contributed by atoms with van der Waals surface area (Å²) in [6, 6.07) is 15.3. The van der Waals surface area contributed by atoms with Crippen molar-refractivity contribution in [1.82, 2.24) is 5.32 Å². The van der Waals surface area contributed by atoms with E-state index in [1.54, 1.807) is 24.3 Å². The van der Waals surface area contributed by atoms with Crippen molar-refractivity contribution in [3.05, 3.63) is 65.7 Å². The summed E-state index contributed by atoms with van der Waals surface area (Å²) in [5.41, 5.74) is 1.71. The van der Waals surface area contributed by atoms with Gasteiger partial charge >= 0.3 is 5.97 Å². The van der Waals surface area contributed by atoms with E-state index in [9.17, 15) is 19.5 Å². The van der Waals surface area contributed by atoms with Crippen LogP contribution in [0.4, 0.5) is 5.69 Å². The van der Waals surface area contributed by atoms with E-state index in [1.807, 2.05) is 30.3 Å². The fourth-order valence-corrected chi connectivity index (χ4v) is 2.63. The Morgan fingerprint density at radius 1 is 1.00 bits per heavy atom. The number of anilines is 1. The highest BCUT2D eigenvalue weighted by atomic mass is 16.4. The third-order valence-electron chi connectivity index (χ3n) is 3.89. The topological polar surface area (TPSA) is 95.5 Å². The van der Waals surface area contributed by atoms with Gasteiger partial charge in [0.2, 0.25) is 5.91 Å². The number of carbonyl (C=O) groups excluding carboxylic acids is 2. The van der Waals surface area contributed by atoms with Crippen molar-refractivity contribution < 1.29 is 19.5 Å². The minimum atomic E-state index is -1.08. The molecule has 0 saturated carbocycles. The van der Waals surface area contributed by atoms with Gasteiger partial charge < -0.3 is 15.7 Å². The number of hydrogen-bond donors (Lipinski definition) is 3. The lowest BCUT2D eigenvalue weighted by molar-refractivity contribution is -0.139. The molecular formula is C20H22N2O4. The van der Waals surface area contributed by atoms with Crippen LogP contribution in [0.25, 0.3) is 0 Å². The highest BCUT2D eigenvalue weighted by Gasteiger charge is 2.21. The Balaban J connectivity index is 2.00. The number of amides is 2. The maximum absolute atomic E-state index is 12.5. The number of aryl methyl sites for hydroxylation is 1. The molecular weight excluding hydrogens is 332 g/mol. The third-order valence-corrected chi connectivity index (χ3v) is 3.89. The van der Waals surface area contributed by atoms with Crippen molar-refractivity contribution in [2.75, 3.05) is 5.32 Å². The van der Waals surface area contributed by atoms with Gasteiger partial charge in [-0.15, -0.1) is 0 Å². The number of carboxylic acids is 1. The molecule has 2 aromatic carbocycles. The van der Waals surface area contributed by atoms with Crippen LogP contribution in [0.3, 0.4) is 0 Å². The first kappa shape index (κ1) is 19.2. The van der Waals surface area contributed by atoms with Crippen molar-refractivity contribution in [2.24, 2.45) is 0 Å². The summed E-state index contributed by atoms with van der Waals surface area (Å²) in [4.78, 5) is 35.2. The molecule has 26 heavy (non-hydrogen) atoms. The summed E-state index contributed by atoms with van der Waals surface area (Å²) < 4.78 is 0. The minimum absolute atomic E-state index is 0.233. The minimum Gasteiger partial charge on any atom is -0.480 e. The molecule has 0 radical (unpaired) electrons. The van der Waals surface area contributed by atoms with E-state index >= 15 is 0 Å². The summed E-state index contributed by atoms with van der Waals surface area (Å²) >= 11 is 0. The first-order valence-electron chi connectivity index (χ1n) is 8.41. The van der Waals surface area contributed by atoms with Crippen molar-refractivity contribution in [3.8, 4) is 0 Å². The summed E-state index contributed by atoms with van der Waals surface area (Å²) in [5, 5.41) is 14.5. The molecule has 0 spiro atoms. The van der Waals surface area contributed by atoms with Gasteiger partial charge in [-0.05, 0) is 37.0 Å². The molecule has 2 aromatic rings. The van der Waals surface area contributed by atoms with Crippen LogP contribution >= 0.6 is 0 Å². The third kappa shape index (κ3) is 5.73. The lowest BCUT2D eigenvalue weighted by Crippen LogP contribution is -2.41. The summed E-state index contributed by atoms with van der Waals surface area (Å²) in [5.74, 6) is -1.91. The van der Waals surface area contributed by atoms with Crippen molar-refractivity contribution >= 4 is 23.5 Å². The zero-order valence-electron chi connectivity index (χ0n) is 14.6. The standard InChI is InChI=1S/C20H22N2O4/c1-14(23)21-17-12-6-5-11-16(17)19(24)22-18(20(25)26)13-7-10-15-8-3-2-4-9-15/h2-6,8-9,11-12,18H,7,10,13H2,1H3,(H,21,23)(H,22,24)(H,25,26)/t18-/m0/s1. The maximum Gasteiger partial charge on any atom is 0.326 e. The number of para-hydroxylation sites is 1. The van der Waals surface area contributed by atoms with Crippen LogP contribution in [0.15, 0.2) is 54.6 Å². The molecule has 136 valence electrons. The highest BCUT2D eigenvalue weighted by Crippen LogP contribution is 2.16. The number of hydrogen-bond acceptors (Lipinski definition) is 3. The molecule has 0 aliphatic rings. The van der Waals surface area contributed by atoms with E-state index in [1.165, 1.54) is 6.92 Å². The normalized spacial score (nSPS) is 11.4. The molecule has 1 atom stereocenters. The monoisotopic (exact) mass is 354 g/mol. The average molecular weight is 354 g/mol. The highest BCUT2D eigenvalue weighted by molar-refractivity contribution is 6.04. The second kappa shape index (κ2) is 9.36. The van der Waals surface area contributed by atoms with E-state index in [0.29, 0.717) is 18.5 Å². The van der Waals surface area contributed by atoms with Gasteiger partial charge in [-0.3, -0.25) is 9.59 Å². The molecule has 2 rings (SSSR count). The van der Waals surface area contributed by atoms with E-state index < -0.39 is 17.9 Å². The smallest absolute Gasteiger partial charge is 0.326 e. The molecule has 0 aliphatic carbocycles. The van der Waals surface area contributed by atoms with Crippen LogP contribution in [-0.4, -0.2) is 28.9 Å². The summed E-state index contributed by atoms with van der Waals surface area (Å²) in [6.07, 6.45) is 1.69. The Morgan fingerprint density at radius 2 is 1.65 bits per heavy atom. The SMILES string of the molecule is CC(=O)Nc1ccccc1C(=O)N[C@@H](CCCc1ccccc1)C(=O)O. The van der Waals surface area contributed by atoms with Crippen molar-refractivity contribution in [3.63, 3.8) is 0 Å². The van der Waals surface area contributed by atoms with E-state index in [-0.39, 0.29) is 11.5 Å². The first-order chi connectivity index (χ1) is 12.5. The molecule has 0 aromatic heterocycles. The average Bonchev–Trinajstić information content (AvgIpc) is 2.61. The van der Waals surface area contributed by atoms with Crippen LogP contribution in [0.5, 0.6) is 0 Å². The molecule has 6 nitrogen and oxygen atoms in total. The van der Waals surface area contributed by atoms with Gasteiger partial charge in [0.05, 0.1) is 11.3 Å². The molecule has 0 saturated heterocycles. The summed E-state index contributed by atoms with van der Waals surface area (Å²) in [6.45, 7) is 1.35. The van der Waals surface area contributed by atoms with Crippen molar-refractivity contribution in [1.29, 1.82) is 0 Å². The number of carboxylic acid groups (broad SMARTS) is 1. The number of rotatable bonds is 8. The first-order valence-corrected chi connectivity index (χ1v) is 8.41. The predicted octanol–water partition coefficient (Wildman–Crippen LogP) is 2.85. The molecule has 6 heteroatoms. The quantitative estimate of drug-likeness (QED) is 0.679. The van der Waals surface area contributed by atoms with Crippen LogP contribution in [0.1, 0.15) is 35.7 Å². The Morgan fingerprint density at radius 3 is 2.31 bits per heavy atom. The molecule has 2 amide bonds. The van der Waals surface area contributed by atoms with Gasteiger partial charge in [-0.25, -0.2) is 4.79 Å². The van der Waals surface area contributed by atoms with Gasteiger partial charge in [0.25, 0.3) is 5.91 Å². The molecule has 0 fully saturated rings. The number of nitrogens with one attached hydrogen (secondary N) is 2. The lowest BCUT2D eigenvalue weighted by Gasteiger charge is -2.16. The van der Waals surface area contributed by atoms with Gasteiger partial charge in [0.15, 0.2) is 0 Å². The van der Waals surface area contributed by atoms with Crippen molar-refractivity contribution in [2.45, 2.75) is 32.2 Å². The molecule has 0 unspecified atom stereocenters. The Bertz CT molecular complexity index is 774. The molecule has 0 heterocycles. The van der Waals surface area contributed by atoms with Crippen LogP contribution in [-0.2, 0) is 16.0 Å². The van der Waals surface area contributed by atoms with Gasteiger partial charge in [0.1, 0.15) is 6.04 Å². The van der Waals surface area contributed by atoms with E-state index in [2.05, 4.69) is 10.6 Å². The van der Waals surface area contributed by atoms with E-state index in [4.69, 9.17) is 0 Å². The fraction of sp³-hybridized carbons (Fsp3) is 0.250. The maximum atomic E-state index is 12.5. The zero-order chi connectivity index (χ0) is 18.9. The Hall–Kier alpha value is -3.15. The number of aliphatic carboxylic acids is 1. The molecule has 3 N–H and O–H groups in total. The van der Waals surface area contributed by atoms with Gasteiger partial charge in [-0.1, -0.05) is 42.5 Å². The second-order valence-corrected chi connectivity index (χ2v) is 5.97. The number of benzene rings is 2. The predicted molar refractivity (Wildman–Crippen MR) is 99.0 cm³/mol. The Labute approximate surface area is 152 Å². The van der Waals surface area contributed by atoms with Gasteiger partial charge in [0, 0.05) is 6.92 Å². The summed E-state index contributed by atoms with van der Waals surface area (Å²) in [7, 11) is 0. The zero-order valence-corrected chi connectivity index (χ0v) is 14.6. The van der Waals surface area contributed by atoms with Gasteiger partial charge in [-0.2, -0.15) is 0 Å². The van der Waals surface area contributed by atoms with E-state index in [0.717, 1.165) is 12.0 Å². The Kier molecular flexibility index (Phi) is 6.91. The van der Waals surface area contributed by atoms with Crippen LogP contribution < -0.4 is 10.6 Å². The lowest BCUT2D eigenvalue weighted by atomic mass is 10.0. The largest absolute Gasteiger partial charge is 0.480 e. The van der Waals surface area contributed by atoms with Crippen LogP contribution in [0, 0.1) is 0 Å². The van der Waals surface area contributed by atoms with Crippen LogP contribution in [0.2, 0.25) is 0 Å². The number of carbonyl (C=O) groups is 3. The molecule has 0 aliphatic heterocycles. The fourth-order valence-electron chi connectivity index (χ4n) is 2.63. The molecule has 0 bridgehead atoms. The second-order valence-electron chi connectivity index (χ2n) is 5.97.